The summed E-state index contributed by atoms with van der Waals surface area (Å²) in [5.74, 6) is -0.897. The van der Waals surface area contributed by atoms with E-state index in [-0.39, 0.29) is 5.41 Å². The molecule has 0 fully saturated rings. The molecule has 0 aliphatic carbocycles. The fourth-order valence-electron chi connectivity index (χ4n) is 2.62. The highest BCUT2D eigenvalue weighted by Crippen LogP contribution is 2.28. The first-order valence-corrected chi connectivity index (χ1v) is 7.81. The molecule has 0 heterocycles. The fourth-order valence-corrected chi connectivity index (χ4v) is 2.62. The second kappa shape index (κ2) is 6.41. The lowest BCUT2D eigenvalue weighted by molar-refractivity contribution is 0.0697. The van der Waals surface area contributed by atoms with Gasteiger partial charge in [0, 0.05) is 0 Å². The Hall–Kier alpha value is -2.35. The van der Waals surface area contributed by atoms with Gasteiger partial charge in [0.2, 0.25) is 0 Å². The predicted molar refractivity (Wildman–Crippen MR) is 96.8 cm³/mol. The summed E-state index contributed by atoms with van der Waals surface area (Å²) in [5, 5.41) is 8.95. The molecule has 0 aliphatic heterocycles. The first kappa shape index (κ1) is 17.0. The SMILES string of the molecule is C/C(=C\c1ccc(C(=O)O)cc1)c1ccc(C(C)(C)C)cc1C. The van der Waals surface area contributed by atoms with Gasteiger partial charge in [-0.1, -0.05) is 57.2 Å². The van der Waals surface area contributed by atoms with E-state index in [1.807, 2.05) is 12.1 Å². The van der Waals surface area contributed by atoms with Gasteiger partial charge in [-0.2, -0.15) is 0 Å². The Labute approximate surface area is 138 Å². The molecule has 0 amide bonds. The minimum absolute atomic E-state index is 0.146. The van der Waals surface area contributed by atoms with Crippen LogP contribution in [0.25, 0.3) is 11.6 Å². The van der Waals surface area contributed by atoms with Crippen molar-refractivity contribution in [2.75, 3.05) is 0 Å². The number of benzene rings is 2. The average molecular weight is 308 g/mol. The highest BCUT2D eigenvalue weighted by Gasteiger charge is 2.14. The summed E-state index contributed by atoms with van der Waals surface area (Å²) in [6.45, 7) is 10.9. The second-order valence-corrected chi connectivity index (χ2v) is 7.03. The zero-order chi connectivity index (χ0) is 17.2. The van der Waals surface area contributed by atoms with Crippen molar-refractivity contribution in [3.05, 3.63) is 70.3 Å². The van der Waals surface area contributed by atoms with Gasteiger partial charge in [0.15, 0.2) is 0 Å². The van der Waals surface area contributed by atoms with Crippen molar-refractivity contribution in [2.24, 2.45) is 0 Å². The van der Waals surface area contributed by atoms with Crippen LogP contribution in [0, 0.1) is 6.92 Å². The van der Waals surface area contributed by atoms with Crippen molar-refractivity contribution in [3.63, 3.8) is 0 Å². The summed E-state index contributed by atoms with van der Waals surface area (Å²) in [7, 11) is 0. The highest BCUT2D eigenvalue weighted by molar-refractivity contribution is 5.88. The van der Waals surface area contributed by atoms with E-state index >= 15 is 0 Å². The van der Waals surface area contributed by atoms with Crippen molar-refractivity contribution in [1.82, 2.24) is 0 Å². The maximum absolute atomic E-state index is 10.9. The molecule has 120 valence electrons. The largest absolute Gasteiger partial charge is 0.478 e. The molecule has 23 heavy (non-hydrogen) atoms. The highest BCUT2D eigenvalue weighted by atomic mass is 16.4. The van der Waals surface area contributed by atoms with Gasteiger partial charge in [0.1, 0.15) is 0 Å². The van der Waals surface area contributed by atoms with E-state index in [0.29, 0.717) is 5.56 Å². The van der Waals surface area contributed by atoms with Gasteiger partial charge in [-0.05, 0) is 59.2 Å². The van der Waals surface area contributed by atoms with Gasteiger partial charge in [-0.3, -0.25) is 0 Å². The van der Waals surface area contributed by atoms with Crippen molar-refractivity contribution in [3.8, 4) is 0 Å². The molecule has 0 spiro atoms. The molecule has 0 unspecified atom stereocenters. The van der Waals surface area contributed by atoms with E-state index in [4.69, 9.17) is 5.11 Å². The van der Waals surface area contributed by atoms with Gasteiger partial charge < -0.3 is 5.11 Å². The van der Waals surface area contributed by atoms with Crippen molar-refractivity contribution < 1.29 is 9.90 Å². The minimum Gasteiger partial charge on any atom is -0.478 e. The van der Waals surface area contributed by atoms with Crippen LogP contribution >= 0.6 is 0 Å². The number of hydrogen-bond donors (Lipinski definition) is 1. The molecule has 0 aliphatic rings. The Morgan fingerprint density at radius 3 is 2.13 bits per heavy atom. The van der Waals surface area contributed by atoms with E-state index in [1.54, 1.807) is 12.1 Å². The molecule has 0 atom stereocenters. The molecule has 0 bridgehead atoms. The van der Waals surface area contributed by atoms with Crippen molar-refractivity contribution in [2.45, 2.75) is 40.0 Å². The molecular weight excluding hydrogens is 284 g/mol. The smallest absolute Gasteiger partial charge is 0.335 e. The molecular formula is C21H24O2. The molecule has 0 radical (unpaired) electrons. The number of aromatic carboxylic acids is 1. The lowest BCUT2D eigenvalue weighted by Crippen LogP contribution is -2.11. The van der Waals surface area contributed by atoms with Gasteiger partial charge in [-0.15, -0.1) is 0 Å². The normalized spacial score (nSPS) is 12.3. The Balaban J connectivity index is 2.32. The van der Waals surface area contributed by atoms with Gasteiger partial charge >= 0.3 is 5.97 Å². The van der Waals surface area contributed by atoms with Gasteiger partial charge in [0.25, 0.3) is 0 Å². The topological polar surface area (TPSA) is 37.3 Å². The van der Waals surface area contributed by atoms with Crippen LogP contribution in [0.4, 0.5) is 0 Å². The quantitative estimate of drug-likeness (QED) is 0.755. The van der Waals surface area contributed by atoms with E-state index in [9.17, 15) is 4.79 Å². The first-order valence-electron chi connectivity index (χ1n) is 7.81. The zero-order valence-corrected chi connectivity index (χ0v) is 14.5. The Morgan fingerprint density at radius 1 is 1.04 bits per heavy atom. The van der Waals surface area contributed by atoms with E-state index in [2.05, 4.69) is 58.9 Å². The van der Waals surface area contributed by atoms with Crippen LogP contribution in [-0.4, -0.2) is 11.1 Å². The van der Waals surface area contributed by atoms with Crippen molar-refractivity contribution in [1.29, 1.82) is 0 Å². The number of carboxylic acids is 1. The maximum atomic E-state index is 10.9. The standard InChI is InChI=1S/C21H24O2/c1-14(12-16-6-8-17(9-7-16)20(22)23)19-11-10-18(13-15(19)2)21(3,4)5/h6-13H,1-5H3,(H,22,23)/b14-12+. The number of carbonyl (C=O) groups is 1. The Kier molecular flexibility index (Phi) is 4.74. The van der Waals surface area contributed by atoms with Crippen LogP contribution in [0.15, 0.2) is 42.5 Å². The third-order valence-electron chi connectivity index (χ3n) is 4.06. The molecule has 0 aromatic heterocycles. The lowest BCUT2D eigenvalue weighted by Gasteiger charge is -2.20. The maximum Gasteiger partial charge on any atom is 0.335 e. The van der Waals surface area contributed by atoms with Crippen LogP contribution in [0.1, 0.15) is 60.3 Å². The molecule has 2 heteroatoms. The molecule has 2 aromatic carbocycles. The fraction of sp³-hybridized carbons (Fsp3) is 0.286. The minimum atomic E-state index is -0.897. The molecule has 0 saturated carbocycles. The first-order chi connectivity index (χ1) is 10.7. The van der Waals surface area contributed by atoms with E-state index in [0.717, 1.165) is 5.56 Å². The number of allylic oxidation sites excluding steroid dienone is 1. The molecule has 2 nitrogen and oxygen atoms in total. The Bertz CT molecular complexity index is 744. The molecule has 1 N–H and O–H groups in total. The summed E-state index contributed by atoms with van der Waals surface area (Å²) in [6.07, 6.45) is 2.09. The van der Waals surface area contributed by atoms with Crippen molar-refractivity contribution >= 4 is 17.6 Å². The number of rotatable bonds is 3. The summed E-state index contributed by atoms with van der Waals surface area (Å²) in [5.41, 5.74) is 6.45. The second-order valence-electron chi connectivity index (χ2n) is 7.03. The number of hydrogen-bond acceptors (Lipinski definition) is 1. The summed E-state index contributed by atoms with van der Waals surface area (Å²) < 4.78 is 0. The third kappa shape index (κ3) is 4.10. The summed E-state index contributed by atoms with van der Waals surface area (Å²) in [4.78, 5) is 10.9. The summed E-state index contributed by atoms with van der Waals surface area (Å²) >= 11 is 0. The van der Waals surface area contributed by atoms with E-state index in [1.165, 1.54) is 22.3 Å². The van der Waals surface area contributed by atoms with Crippen LogP contribution < -0.4 is 0 Å². The summed E-state index contributed by atoms with van der Waals surface area (Å²) in [6, 6.07) is 13.6. The number of aryl methyl sites for hydroxylation is 1. The average Bonchev–Trinajstić information content (AvgIpc) is 2.46. The van der Waals surface area contributed by atoms with Crippen LogP contribution in [0.3, 0.4) is 0 Å². The molecule has 2 aromatic rings. The van der Waals surface area contributed by atoms with E-state index < -0.39 is 5.97 Å². The molecule has 2 rings (SSSR count). The van der Waals surface area contributed by atoms with Crippen LogP contribution in [0.5, 0.6) is 0 Å². The van der Waals surface area contributed by atoms with Gasteiger partial charge in [-0.25, -0.2) is 4.79 Å². The monoisotopic (exact) mass is 308 g/mol. The third-order valence-corrected chi connectivity index (χ3v) is 4.06. The Morgan fingerprint density at radius 2 is 1.65 bits per heavy atom. The number of carboxylic acid groups (broad SMARTS) is 1. The zero-order valence-electron chi connectivity index (χ0n) is 14.5. The lowest BCUT2D eigenvalue weighted by atomic mass is 9.84. The van der Waals surface area contributed by atoms with Crippen LogP contribution in [0.2, 0.25) is 0 Å². The predicted octanol–water partition coefficient (Wildman–Crippen LogP) is 5.55. The van der Waals surface area contributed by atoms with Crippen LogP contribution in [-0.2, 0) is 5.41 Å². The van der Waals surface area contributed by atoms with Gasteiger partial charge in [0.05, 0.1) is 5.56 Å². The molecule has 0 saturated heterocycles.